The summed E-state index contributed by atoms with van der Waals surface area (Å²) in [6, 6.07) is 0.101. The largest absolute Gasteiger partial charge is 0.314 e. The monoisotopic (exact) mass is 192 g/mol. The van der Waals surface area contributed by atoms with Gasteiger partial charge in [0.25, 0.3) is 0 Å². The molecule has 1 aliphatic heterocycles. The number of piperazine rings is 1. The minimum absolute atomic E-state index is 0.101. The van der Waals surface area contributed by atoms with Crippen LogP contribution in [0, 0.1) is 0 Å². The Kier molecular flexibility index (Phi) is 3.09. The highest BCUT2D eigenvalue weighted by atomic mass is 32.2. The Hall–Kier alpha value is -0.130. The summed E-state index contributed by atoms with van der Waals surface area (Å²) in [5.41, 5.74) is 0. The molecule has 0 aromatic rings. The molecule has 1 rings (SSSR count). The maximum Gasteiger partial charge on any atom is 0.214 e. The molecule has 0 bridgehead atoms. The Labute approximate surface area is 74.0 Å². The highest BCUT2D eigenvalue weighted by Crippen LogP contribution is 2.09. The third-order valence-corrected chi connectivity index (χ3v) is 4.15. The molecule has 0 radical (unpaired) electrons. The van der Waals surface area contributed by atoms with Gasteiger partial charge in [0.1, 0.15) is 0 Å². The zero-order valence-electron chi connectivity index (χ0n) is 7.58. The summed E-state index contributed by atoms with van der Waals surface area (Å²) in [5.74, 6) is 0.206. The zero-order valence-corrected chi connectivity index (χ0v) is 8.39. The first kappa shape index (κ1) is 9.95. The van der Waals surface area contributed by atoms with Crippen molar-refractivity contribution in [1.29, 1.82) is 0 Å². The van der Waals surface area contributed by atoms with Crippen molar-refractivity contribution < 1.29 is 8.42 Å². The molecule has 0 saturated carbocycles. The van der Waals surface area contributed by atoms with Crippen LogP contribution in [0.5, 0.6) is 0 Å². The number of nitrogens with zero attached hydrogens (tertiary/aromatic N) is 1. The molecule has 0 aromatic heterocycles. The second-order valence-electron chi connectivity index (χ2n) is 3.06. The fraction of sp³-hybridized carbons (Fsp3) is 1.00. The van der Waals surface area contributed by atoms with Crippen LogP contribution in [0.1, 0.15) is 13.8 Å². The number of rotatable bonds is 2. The Morgan fingerprint density at radius 3 is 2.75 bits per heavy atom. The van der Waals surface area contributed by atoms with Crippen molar-refractivity contribution in [3.05, 3.63) is 0 Å². The van der Waals surface area contributed by atoms with Crippen LogP contribution in [0.4, 0.5) is 0 Å². The van der Waals surface area contributed by atoms with Crippen molar-refractivity contribution in [3.63, 3.8) is 0 Å². The maximum atomic E-state index is 11.5. The van der Waals surface area contributed by atoms with E-state index in [1.165, 1.54) is 0 Å². The molecule has 12 heavy (non-hydrogen) atoms. The first-order chi connectivity index (χ1) is 5.58. The number of sulfonamides is 1. The van der Waals surface area contributed by atoms with E-state index in [0.717, 1.165) is 13.1 Å². The first-order valence-electron chi connectivity index (χ1n) is 4.28. The van der Waals surface area contributed by atoms with Crippen molar-refractivity contribution >= 4 is 10.0 Å². The molecule has 0 unspecified atom stereocenters. The van der Waals surface area contributed by atoms with Crippen LogP contribution in [-0.4, -0.2) is 44.2 Å². The fourth-order valence-corrected chi connectivity index (χ4v) is 2.73. The van der Waals surface area contributed by atoms with Gasteiger partial charge in [-0.15, -0.1) is 0 Å². The van der Waals surface area contributed by atoms with E-state index in [0.29, 0.717) is 6.54 Å². The van der Waals surface area contributed by atoms with E-state index < -0.39 is 10.0 Å². The van der Waals surface area contributed by atoms with Crippen LogP contribution < -0.4 is 5.32 Å². The lowest BCUT2D eigenvalue weighted by Crippen LogP contribution is -2.52. The molecular formula is C7H16N2O2S. The van der Waals surface area contributed by atoms with Gasteiger partial charge in [-0.05, 0) is 13.8 Å². The van der Waals surface area contributed by atoms with Gasteiger partial charge in [-0.25, -0.2) is 8.42 Å². The summed E-state index contributed by atoms with van der Waals surface area (Å²) in [4.78, 5) is 0. The molecule has 1 atom stereocenters. The summed E-state index contributed by atoms with van der Waals surface area (Å²) in [7, 11) is -2.98. The van der Waals surface area contributed by atoms with Crippen LogP contribution >= 0.6 is 0 Å². The van der Waals surface area contributed by atoms with Crippen molar-refractivity contribution in [2.75, 3.05) is 25.4 Å². The molecule has 1 N–H and O–H groups in total. The molecule has 72 valence electrons. The van der Waals surface area contributed by atoms with Gasteiger partial charge in [0.2, 0.25) is 10.0 Å². The van der Waals surface area contributed by atoms with Gasteiger partial charge in [-0.2, -0.15) is 4.31 Å². The molecule has 1 fully saturated rings. The van der Waals surface area contributed by atoms with Gasteiger partial charge in [0.15, 0.2) is 0 Å². The smallest absolute Gasteiger partial charge is 0.214 e. The average Bonchev–Trinajstić information content (AvgIpc) is 2.05. The molecular weight excluding hydrogens is 176 g/mol. The summed E-state index contributed by atoms with van der Waals surface area (Å²) < 4.78 is 24.5. The van der Waals surface area contributed by atoms with Crippen LogP contribution in [0.15, 0.2) is 0 Å². The van der Waals surface area contributed by atoms with Gasteiger partial charge in [-0.1, -0.05) is 0 Å². The summed E-state index contributed by atoms with van der Waals surface area (Å²) in [6.07, 6.45) is 0. The van der Waals surface area contributed by atoms with Crippen LogP contribution in [-0.2, 0) is 10.0 Å². The third-order valence-electron chi connectivity index (χ3n) is 2.16. The molecule has 0 spiro atoms. The van der Waals surface area contributed by atoms with Crippen molar-refractivity contribution in [2.45, 2.75) is 19.9 Å². The Morgan fingerprint density at radius 2 is 2.25 bits per heavy atom. The van der Waals surface area contributed by atoms with Gasteiger partial charge < -0.3 is 5.32 Å². The lowest BCUT2D eigenvalue weighted by atomic mass is 10.3. The molecule has 0 aromatic carbocycles. The highest BCUT2D eigenvalue weighted by Gasteiger charge is 2.27. The third kappa shape index (κ3) is 1.97. The molecule has 1 aliphatic rings. The normalized spacial score (nSPS) is 27.3. The topological polar surface area (TPSA) is 49.4 Å². The lowest BCUT2D eigenvalue weighted by Gasteiger charge is -2.32. The van der Waals surface area contributed by atoms with Gasteiger partial charge in [0, 0.05) is 25.7 Å². The molecule has 4 nitrogen and oxygen atoms in total. The van der Waals surface area contributed by atoms with E-state index in [1.807, 2.05) is 6.92 Å². The van der Waals surface area contributed by atoms with Crippen LogP contribution in [0.2, 0.25) is 0 Å². The van der Waals surface area contributed by atoms with E-state index in [1.54, 1.807) is 11.2 Å². The quantitative estimate of drug-likeness (QED) is 0.649. The van der Waals surface area contributed by atoms with E-state index in [-0.39, 0.29) is 11.8 Å². The van der Waals surface area contributed by atoms with Crippen LogP contribution in [0.25, 0.3) is 0 Å². The first-order valence-corrected chi connectivity index (χ1v) is 5.89. The lowest BCUT2D eigenvalue weighted by molar-refractivity contribution is 0.284. The minimum atomic E-state index is -2.98. The minimum Gasteiger partial charge on any atom is -0.314 e. The van der Waals surface area contributed by atoms with E-state index in [9.17, 15) is 8.42 Å². The number of hydrogen-bond donors (Lipinski definition) is 1. The van der Waals surface area contributed by atoms with Crippen molar-refractivity contribution in [1.82, 2.24) is 9.62 Å². The fourth-order valence-electron chi connectivity index (χ4n) is 1.40. The second-order valence-corrected chi connectivity index (χ2v) is 5.27. The Balaban J connectivity index is 2.72. The zero-order chi connectivity index (χ0) is 9.19. The molecule has 1 saturated heterocycles. The average molecular weight is 192 g/mol. The van der Waals surface area contributed by atoms with Gasteiger partial charge in [-0.3, -0.25) is 0 Å². The van der Waals surface area contributed by atoms with Crippen molar-refractivity contribution in [3.8, 4) is 0 Å². The SMILES string of the molecule is CCS(=O)(=O)N1CCNC[C@@H]1C. The second kappa shape index (κ2) is 3.72. The Bertz CT molecular complexity index is 238. The Morgan fingerprint density at radius 1 is 1.58 bits per heavy atom. The standard InChI is InChI=1S/C7H16N2O2S/c1-3-12(10,11)9-5-4-8-6-7(9)2/h7-8H,3-6H2,1-2H3/t7-/m0/s1. The molecule has 0 amide bonds. The van der Waals surface area contributed by atoms with Crippen LogP contribution in [0.3, 0.4) is 0 Å². The highest BCUT2D eigenvalue weighted by molar-refractivity contribution is 7.89. The van der Waals surface area contributed by atoms with Crippen molar-refractivity contribution in [2.24, 2.45) is 0 Å². The molecule has 1 heterocycles. The summed E-state index contributed by atoms with van der Waals surface area (Å²) in [5, 5.41) is 3.15. The van der Waals surface area contributed by atoms with Gasteiger partial charge >= 0.3 is 0 Å². The molecule has 5 heteroatoms. The number of nitrogens with one attached hydrogen (secondary N) is 1. The summed E-state index contributed by atoms with van der Waals surface area (Å²) in [6.45, 7) is 5.75. The summed E-state index contributed by atoms with van der Waals surface area (Å²) >= 11 is 0. The van der Waals surface area contributed by atoms with Gasteiger partial charge in [0.05, 0.1) is 5.75 Å². The van der Waals surface area contributed by atoms with E-state index >= 15 is 0 Å². The predicted octanol–water partition coefficient (Wildman–Crippen LogP) is -0.370. The molecule has 0 aliphatic carbocycles. The number of hydrogen-bond acceptors (Lipinski definition) is 3. The van der Waals surface area contributed by atoms with E-state index in [2.05, 4.69) is 5.32 Å². The maximum absolute atomic E-state index is 11.5. The van der Waals surface area contributed by atoms with E-state index in [4.69, 9.17) is 0 Å². The predicted molar refractivity (Wildman–Crippen MR) is 48.5 cm³/mol.